The summed E-state index contributed by atoms with van der Waals surface area (Å²) >= 11 is 0. The molecule has 1 aromatic carbocycles. The third-order valence-corrected chi connectivity index (χ3v) is 4.27. The summed E-state index contributed by atoms with van der Waals surface area (Å²) in [5, 5.41) is 9.42. The van der Waals surface area contributed by atoms with Crippen molar-refractivity contribution in [2.24, 2.45) is 5.92 Å². The molecule has 0 amide bonds. The summed E-state index contributed by atoms with van der Waals surface area (Å²) in [5.41, 5.74) is 1.33. The molecule has 2 nitrogen and oxygen atoms in total. The van der Waals surface area contributed by atoms with Gasteiger partial charge < -0.3 is 5.11 Å². The number of benzene rings is 1. The molecule has 2 rings (SSSR count). The van der Waals surface area contributed by atoms with Crippen LogP contribution in [0.1, 0.15) is 18.4 Å². The largest absolute Gasteiger partial charge is 0.396 e. The molecule has 1 N–H and O–H groups in total. The van der Waals surface area contributed by atoms with Crippen molar-refractivity contribution in [3.8, 4) is 0 Å². The van der Waals surface area contributed by atoms with Crippen molar-refractivity contribution in [2.45, 2.75) is 24.8 Å². The van der Waals surface area contributed by atoms with Crippen LogP contribution in [0.15, 0.2) is 43.0 Å². The summed E-state index contributed by atoms with van der Waals surface area (Å²) in [4.78, 5) is 2.39. The van der Waals surface area contributed by atoms with Gasteiger partial charge in [-0.05, 0) is 44.3 Å². The van der Waals surface area contributed by atoms with Gasteiger partial charge in [0, 0.05) is 12.1 Å². The number of aliphatic hydroxyl groups excluding tert-OH is 1. The minimum atomic E-state index is -0.00694. The first kappa shape index (κ1) is 13.3. The molecule has 18 heavy (non-hydrogen) atoms. The third-order valence-electron chi connectivity index (χ3n) is 4.27. The van der Waals surface area contributed by atoms with Crippen LogP contribution in [0, 0.1) is 5.92 Å². The molecule has 1 heterocycles. The standard InChI is InChI=1S/C16H23NO/c1-3-16(11-14-7-5-4-6-8-14)12-15(13-18)9-10-17(16)2/h3-8,15,18H,1,9-13H2,2H3. The van der Waals surface area contributed by atoms with Crippen molar-refractivity contribution in [2.75, 3.05) is 20.2 Å². The molecule has 0 spiro atoms. The number of rotatable bonds is 4. The van der Waals surface area contributed by atoms with Crippen LogP contribution in [0.25, 0.3) is 0 Å². The van der Waals surface area contributed by atoms with E-state index in [1.807, 2.05) is 6.07 Å². The lowest BCUT2D eigenvalue weighted by Gasteiger charge is -2.46. The highest BCUT2D eigenvalue weighted by atomic mass is 16.3. The fourth-order valence-electron chi connectivity index (χ4n) is 2.98. The van der Waals surface area contributed by atoms with E-state index in [9.17, 15) is 5.11 Å². The Hall–Kier alpha value is -1.12. The SMILES string of the molecule is C=CC1(Cc2ccccc2)CC(CO)CCN1C. The first-order valence-electron chi connectivity index (χ1n) is 6.70. The zero-order valence-electron chi connectivity index (χ0n) is 11.2. The Labute approximate surface area is 110 Å². The molecule has 0 bridgehead atoms. The predicted molar refractivity (Wildman–Crippen MR) is 75.5 cm³/mol. The maximum atomic E-state index is 9.42. The van der Waals surface area contributed by atoms with Crippen LogP contribution in [-0.4, -0.2) is 35.7 Å². The molecule has 0 radical (unpaired) electrons. The molecule has 0 aromatic heterocycles. The van der Waals surface area contributed by atoms with Crippen LogP contribution in [0.2, 0.25) is 0 Å². The minimum absolute atomic E-state index is 0.00694. The van der Waals surface area contributed by atoms with E-state index in [4.69, 9.17) is 0 Å². The lowest BCUT2D eigenvalue weighted by molar-refractivity contribution is 0.0551. The van der Waals surface area contributed by atoms with Crippen molar-refractivity contribution >= 4 is 0 Å². The second-order valence-corrected chi connectivity index (χ2v) is 5.43. The molecule has 0 saturated carbocycles. The van der Waals surface area contributed by atoms with Gasteiger partial charge in [0.2, 0.25) is 0 Å². The van der Waals surface area contributed by atoms with Crippen molar-refractivity contribution in [3.05, 3.63) is 48.6 Å². The average molecular weight is 245 g/mol. The van der Waals surface area contributed by atoms with Gasteiger partial charge in [-0.3, -0.25) is 4.90 Å². The molecular weight excluding hydrogens is 222 g/mol. The van der Waals surface area contributed by atoms with E-state index in [1.165, 1.54) is 5.56 Å². The smallest absolute Gasteiger partial charge is 0.0460 e. The molecule has 1 saturated heterocycles. The van der Waals surface area contributed by atoms with Crippen molar-refractivity contribution in [1.82, 2.24) is 4.90 Å². The lowest BCUT2D eigenvalue weighted by atomic mass is 9.77. The third kappa shape index (κ3) is 2.65. The van der Waals surface area contributed by atoms with E-state index in [0.29, 0.717) is 5.92 Å². The number of likely N-dealkylation sites (tertiary alicyclic amines) is 1. The van der Waals surface area contributed by atoms with Crippen LogP contribution < -0.4 is 0 Å². The summed E-state index contributed by atoms with van der Waals surface area (Å²) in [6, 6.07) is 10.5. The van der Waals surface area contributed by atoms with Crippen LogP contribution in [0.3, 0.4) is 0 Å². The molecule has 2 unspecified atom stereocenters. The molecule has 98 valence electrons. The summed E-state index contributed by atoms with van der Waals surface area (Å²) in [6.45, 7) is 5.37. The summed E-state index contributed by atoms with van der Waals surface area (Å²) in [5.74, 6) is 0.405. The second-order valence-electron chi connectivity index (χ2n) is 5.43. The summed E-state index contributed by atoms with van der Waals surface area (Å²) < 4.78 is 0. The molecule has 2 atom stereocenters. The zero-order valence-corrected chi connectivity index (χ0v) is 11.2. The van der Waals surface area contributed by atoms with E-state index in [0.717, 1.165) is 25.8 Å². The highest BCUT2D eigenvalue weighted by molar-refractivity contribution is 5.22. The lowest BCUT2D eigenvalue weighted by Crippen LogP contribution is -2.52. The van der Waals surface area contributed by atoms with E-state index in [-0.39, 0.29) is 12.1 Å². The van der Waals surface area contributed by atoms with Crippen LogP contribution in [-0.2, 0) is 6.42 Å². The first-order valence-corrected chi connectivity index (χ1v) is 6.70. The Kier molecular flexibility index (Phi) is 4.20. The predicted octanol–water partition coefficient (Wildman–Crippen LogP) is 2.49. The Morgan fingerprint density at radius 3 is 2.78 bits per heavy atom. The van der Waals surface area contributed by atoms with E-state index < -0.39 is 0 Å². The van der Waals surface area contributed by atoms with E-state index in [1.54, 1.807) is 0 Å². The molecule has 1 aromatic rings. The van der Waals surface area contributed by atoms with Crippen molar-refractivity contribution < 1.29 is 5.11 Å². The Morgan fingerprint density at radius 1 is 1.44 bits per heavy atom. The summed E-state index contributed by atoms with van der Waals surface area (Å²) in [7, 11) is 2.16. The minimum Gasteiger partial charge on any atom is -0.396 e. The van der Waals surface area contributed by atoms with Gasteiger partial charge >= 0.3 is 0 Å². The monoisotopic (exact) mass is 245 g/mol. The maximum Gasteiger partial charge on any atom is 0.0460 e. The molecule has 1 aliphatic rings. The Balaban J connectivity index is 2.20. The molecule has 2 heteroatoms. The Bertz CT molecular complexity index is 389. The number of nitrogens with zero attached hydrogens (tertiary/aromatic N) is 1. The second kappa shape index (κ2) is 5.68. The van der Waals surface area contributed by atoms with Gasteiger partial charge in [-0.25, -0.2) is 0 Å². The van der Waals surface area contributed by atoms with Gasteiger partial charge in [-0.15, -0.1) is 6.58 Å². The molecule has 0 aliphatic carbocycles. The average Bonchev–Trinajstić information content (AvgIpc) is 2.42. The maximum absolute atomic E-state index is 9.42. The topological polar surface area (TPSA) is 23.5 Å². The van der Waals surface area contributed by atoms with Gasteiger partial charge in [-0.1, -0.05) is 36.4 Å². The number of hydrogen-bond acceptors (Lipinski definition) is 2. The normalized spacial score (nSPS) is 29.1. The number of likely N-dealkylation sites (N-methyl/N-ethyl adjacent to an activating group) is 1. The van der Waals surface area contributed by atoms with Crippen LogP contribution in [0.4, 0.5) is 0 Å². The quantitative estimate of drug-likeness (QED) is 0.824. The van der Waals surface area contributed by atoms with Gasteiger partial charge in [0.15, 0.2) is 0 Å². The van der Waals surface area contributed by atoms with Gasteiger partial charge in [0.25, 0.3) is 0 Å². The van der Waals surface area contributed by atoms with Crippen LogP contribution >= 0.6 is 0 Å². The van der Waals surface area contributed by atoms with Crippen molar-refractivity contribution in [1.29, 1.82) is 0 Å². The number of piperidine rings is 1. The number of aliphatic hydroxyl groups is 1. The first-order chi connectivity index (χ1) is 8.70. The van der Waals surface area contributed by atoms with Crippen LogP contribution in [0.5, 0.6) is 0 Å². The molecule has 1 aliphatic heterocycles. The van der Waals surface area contributed by atoms with E-state index >= 15 is 0 Å². The number of hydrogen-bond donors (Lipinski definition) is 1. The van der Waals surface area contributed by atoms with Gasteiger partial charge in [0.05, 0.1) is 0 Å². The molecule has 1 fully saturated rings. The van der Waals surface area contributed by atoms with Gasteiger partial charge in [-0.2, -0.15) is 0 Å². The van der Waals surface area contributed by atoms with Crippen molar-refractivity contribution in [3.63, 3.8) is 0 Å². The van der Waals surface area contributed by atoms with E-state index in [2.05, 4.69) is 48.9 Å². The summed E-state index contributed by atoms with van der Waals surface area (Å²) in [6.07, 6.45) is 5.13. The highest BCUT2D eigenvalue weighted by Gasteiger charge is 2.37. The molecular formula is C16H23NO. The Morgan fingerprint density at radius 2 is 2.17 bits per heavy atom. The zero-order chi connectivity index (χ0) is 13.0. The fraction of sp³-hybridized carbons (Fsp3) is 0.500. The van der Waals surface area contributed by atoms with Gasteiger partial charge in [0.1, 0.15) is 0 Å². The fourth-order valence-corrected chi connectivity index (χ4v) is 2.98. The highest BCUT2D eigenvalue weighted by Crippen LogP contribution is 2.34.